The third-order valence-corrected chi connectivity index (χ3v) is 1.90. The van der Waals surface area contributed by atoms with Gasteiger partial charge in [0.1, 0.15) is 0 Å². The number of carboxylic acid groups (broad SMARTS) is 1. The van der Waals surface area contributed by atoms with Gasteiger partial charge in [0.2, 0.25) is 6.79 Å². The van der Waals surface area contributed by atoms with Gasteiger partial charge in [-0.15, -0.1) is 0 Å². The molecule has 4 nitrogen and oxygen atoms in total. The smallest absolute Gasteiger partial charge is 0.328 e. The molecular formula is C12H8O4. The SMILES string of the molecule is O=C(O)/C=C/C#Cc1ccc2c(c1)OCO2. The van der Waals surface area contributed by atoms with E-state index in [1.54, 1.807) is 18.2 Å². The molecule has 0 spiro atoms. The Labute approximate surface area is 92.1 Å². The van der Waals surface area contributed by atoms with Gasteiger partial charge in [-0.05, 0) is 24.3 Å². The van der Waals surface area contributed by atoms with Crippen molar-refractivity contribution >= 4 is 5.97 Å². The average Bonchev–Trinajstić information content (AvgIpc) is 2.71. The lowest BCUT2D eigenvalue weighted by Crippen LogP contribution is -1.92. The predicted molar refractivity (Wildman–Crippen MR) is 56.2 cm³/mol. The van der Waals surface area contributed by atoms with Crippen molar-refractivity contribution in [1.82, 2.24) is 0 Å². The first kappa shape index (κ1) is 10.1. The second-order valence-electron chi connectivity index (χ2n) is 3.01. The summed E-state index contributed by atoms with van der Waals surface area (Å²) in [5, 5.41) is 8.35. The molecule has 16 heavy (non-hydrogen) atoms. The van der Waals surface area contributed by atoms with E-state index in [0.29, 0.717) is 11.5 Å². The third-order valence-electron chi connectivity index (χ3n) is 1.90. The summed E-state index contributed by atoms with van der Waals surface area (Å²) in [4.78, 5) is 10.2. The van der Waals surface area contributed by atoms with E-state index < -0.39 is 5.97 Å². The zero-order valence-electron chi connectivity index (χ0n) is 8.27. The summed E-state index contributed by atoms with van der Waals surface area (Å²) >= 11 is 0. The Kier molecular flexibility index (Phi) is 2.79. The van der Waals surface area contributed by atoms with Crippen molar-refractivity contribution in [2.75, 3.05) is 6.79 Å². The van der Waals surface area contributed by atoms with Crippen LogP contribution in [0.5, 0.6) is 11.5 Å². The van der Waals surface area contributed by atoms with Crippen LogP contribution in [0.4, 0.5) is 0 Å². The van der Waals surface area contributed by atoms with Crippen molar-refractivity contribution in [3.05, 3.63) is 35.9 Å². The molecule has 1 aliphatic rings. The fourth-order valence-electron chi connectivity index (χ4n) is 1.21. The number of ether oxygens (including phenoxy) is 2. The van der Waals surface area contributed by atoms with Crippen LogP contribution in [-0.2, 0) is 4.79 Å². The Balaban J connectivity index is 2.13. The first-order chi connectivity index (χ1) is 7.75. The minimum absolute atomic E-state index is 0.227. The van der Waals surface area contributed by atoms with Crippen LogP contribution < -0.4 is 9.47 Å². The van der Waals surface area contributed by atoms with E-state index in [1.165, 1.54) is 6.08 Å². The number of benzene rings is 1. The Morgan fingerprint density at radius 2 is 2.19 bits per heavy atom. The molecule has 0 bridgehead atoms. The van der Waals surface area contributed by atoms with E-state index in [4.69, 9.17) is 14.6 Å². The molecule has 0 saturated heterocycles. The molecule has 80 valence electrons. The highest BCUT2D eigenvalue weighted by Crippen LogP contribution is 2.32. The van der Waals surface area contributed by atoms with Crippen LogP contribution in [0.2, 0.25) is 0 Å². The lowest BCUT2D eigenvalue weighted by atomic mass is 10.2. The number of hydrogen-bond acceptors (Lipinski definition) is 3. The fraction of sp³-hybridized carbons (Fsp3) is 0.0833. The molecule has 0 unspecified atom stereocenters. The summed E-state index contributed by atoms with van der Waals surface area (Å²) < 4.78 is 10.3. The maximum Gasteiger partial charge on any atom is 0.328 e. The molecular weight excluding hydrogens is 208 g/mol. The number of allylic oxidation sites excluding steroid dienone is 1. The minimum atomic E-state index is -1.01. The van der Waals surface area contributed by atoms with Gasteiger partial charge < -0.3 is 14.6 Å². The molecule has 0 saturated carbocycles. The number of fused-ring (bicyclic) bond motifs is 1. The largest absolute Gasteiger partial charge is 0.478 e. The van der Waals surface area contributed by atoms with Gasteiger partial charge >= 0.3 is 5.97 Å². The summed E-state index contributed by atoms with van der Waals surface area (Å²) in [5.41, 5.74) is 0.749. The van der Waals surface area contributed by atoms with E-state index in [0.717, 1.165) is 11.6 Å². The number of carboxylic acids is 1. The normalized spacial score (nSPS) is 12.2. The van der Waals surface area contributed by atoms with Gasteiger partial charge in [-0.1, -0.05) is 11.8 Å². The van der Waals surface area contributed by atoms with Crippen molar-refractivity contribution in [3.63, 3.8) is 0 Å². The van der Waals surface area contributed by atoms with Crippen molar-refractivity contribution < 1.29 is 19.4 Å². The predicted octanol–water partition coefficient (Wildman–Crippen LogP) is 1.41. The molecule has 0 amide bonds. The summed E-state index contributed by atoms with van der Waals surface area (Å²) in [6.45, 7) is 0.227. The van der Waals surface area contributed by atoms with Crippen molar-refractivity contribution in [1.29, 1.82) is 0 Å². The highest BCUT2D eigenvalue weighted by molar-refractivity contribution is 5.80. The van der Waals surface area contributed by atoms with Crippen LogP contribution in [0.15, 0.2) is 30.4 Å². The van der Waals surface area contributed by atoms with Gasteiger partial charge in [-0.25, -0.2) is 4.79 Å². The van der Waals surface area contributed by atoms with Gasteiger partial charge in [0.25, 0.3) is 0 Å². The Morgan fingerprint density at radius 1 is 1.38 bits per heavy atom. The molecule has 0 atom stereocenters. The molecule has 0 aromatic heterocycles. The fourth-order valence-corrected chi connectivity index (χ4v) is 1.21. The topological polar surface area (TPSA) is 55.8 Å². The van der Waals surface area contributed by atoms with Crippen LogP contribution in [-0.4, -0.2) is 17.9 Å². The Hall–Kier alpha value is -2.41. The maximum absolute atomic E-state index is 10.2. The molecule has 0 aliphatic carbocycles. The first-order valence-electron chi connectivity index (χ1n) is 4.56. The van der Waals surface area contributed by atoms with Gasteiger partial charge in [0, 0.05) is 11.6 Å². The molecule has 0 radical (unpaired) electrons. The highest BCUT2D eigenvalue weighted by Gasteiger charge is 2.12. The number of hydrogen-bond donors (Lipinski definition) is 1. The number of carbonyl (C=O) groups is 1. The van der Waals surface area contributed by atoms with Crippen LogP contribution in [0.1, 0.15) is 5.56 Å². The molecule has 0 fully saturated rings. The van der Waals surface area contributed by atoms with Crippen molar-refractivity contribution in [3.8, 4) is 23.3 Å². The highest BCUT2D eigenvalue weighted by atomic mass is 16.7. The van der Waals surface area contributed by atoms with Gasteiger partial charge in [-0.2, -0.15) is 0 Å². The molecule has 1 aromatic carbocycles. The molecule has 1 N–H and O–H groups in total. The van der Waals surface area contributed by atoms with Crippen LogP contribution >= 0.6 is 0 Å². The first-order valence-corrected chi connectivity index (χ1v) is 4.56. The monoisotopic (exact) mass is 216 g/mol. The zero-order chi connectivity index (χ0) is 11.4. The summed E-state index contributed by atoms with van der Waals surface area (Å²) in [5.74, 6) is 5.76. The van der Waals surface area contributed by atoms with E-state index >= 15 is 0 Å². The second-order valence-corrected chi connectivity index (χ2v) is 3.01. The van der Waals surface area contributed by atoms with Gasteiger partial charge in [-0.3, -0.25) is 0 Å². The Bertz CT molecular complexity index is 505. The number of aliphatic carboxylic acids is 1. The standard InChI is InChI=1S/C12H8O4/c13-12(14)4-2-1-3-9-5-6-10-11(7-9)16-8-15-10/h2,4-7H,8H2,(H,13,14)/b4-2+. The molecule has 4 heteroatoms. The maximum atomic E-state index is 10.2. The molecule has 2 rings (SSSR count). The van der Waals surface area contributed by atoms with E-state index in [1.807, 2.05) is 0 Å². The average molecular weight is 216 g/mol. The quantitative estimate of drug-likeness (QED) is 0.569. The third kappa shape index (κ3) is 2.34. The Morgan fingerprint density at radius 3 is 3.00 bits per heavy atom. The summed E-state index contributed by atoms with van der Waals surface area (Å²) in [7, 11) is 0. The van der Waals surface area contributed by atoms with E-state index in [-0.39, 0.29) is 6.79 Å². The van der Waals surface area contributed by atoms with Gasteiger partial charge in [0.05, 0.1) is 0 Å². The van der Waals surface area contributed by atoms with Crippen molar-refractivity contribution in [2.45, 2.75) is 0 Å². The van der Waals surface area contributed by atoms with E-state index in [2.05, 4.69) is 11.8 Å². The van der Waals surface area contributed by atoms with E-state index in [9.17, 15) is 4.79 Å². The zero-order valence-corrected chi connectivity index (χ0v) is 8.27. The summed E-state index contributed by atoms with van der Waals surface area (Å²) in [6.07, 6.45) is 2.27. The number of rotatable bonds is 1. The van der Waals surface area contributed by atoms with Crippen molar-refractivity contribution in [2.24, 2.45) is 0 Å². The molecule has 1 aliphatic heterocycles. The molecule has 1 heterocycles. The van der Waals surface area contributed by atoms with Crippen LogP contribution in [0.3, 0.4) is 0 Å². The lowest BCUT2D eigenvalue weighted by Gasteiger charge is -1.94. The van der Waals surface area contributed by atoms with Crippen LogP contribution in [0, 0.1) is 11.8 Å². The lowest BCUT2D eigenvalue weighted by molar-refractivity contribution is -0.131. The second kappa shape index (κ2) is 4.41. The molecule has 1 aromatic rings. The van der Waals surface area contributed by atoms with Crippen LogP contribution in [0.25, 0.3) is 0 Å². The minimum Gasteiger partial charge on any atom is -0.478 e. The van der Waals surface area contributed by atoms with Gasteiger partial charge in [0.15, 0.2) is 11.5 Å². The summed E-state index contributed by atoms with van der Waals surface area (Å²) in [6, 6.07) is 5.31.